The van der Waals surface area contributed by atoms with E-state index < -0.39 is 30.6 Å². The second kappa shape index (κ2) is 14.1. The summed E-state index contributed by atoms with van der Waals surface area (Å²) in [5, 5.41) is 15.0. The lowest BCUT2D eigenvalue weighted by atomic mass is 10.1. The van der Waals surface area contributed by atoms with Gasteiger partial charge in [-0.15, -0.1) is 0 Å². The van der Waals surface area contributed by atoms with Crippen molar-refractivity contribution in [3.63, 3.8) is 0 Å². The number of hydrogen-bond acceptors (Lipinski definition) is 6. The van der Waals surface area contributed by atoms with Gasteiger partial charge in [0.1, 0.15) is 42.1 Å². The number of hydrogen-bond donors (Lipinski definition) is 3. The molecule has 1 heterocycles. The number of nitrogens with zero attached hydrogens (tertiary/aromatic N) is 2. The van der Waals surface area contributed by atoms with Gasteiger partial charge >= 0.3 is 17.2 Å². The summed E-state index contributed by atoms with van der Waals surface area (Å²) in [4.78, 5) is 48.3. The van der Waals surface area contributed by atoms with Crippen molar-refractivity contribution < 1.29 is 33.6 Å². The van der Waals surface area contributed by atoms with Crippen LogP contribution in [0.15, 0.2) is 65.8 Å². The molecule has 10 nitrogen and oxygen atoms in total. The Morgan fingerprint density at radius 3 is 2.31 bits per heavy atom. The quantitative estimate of drug-likeness (QED) is 0.219. The van der Waals surface area contributed by atoms with Crippen LogP contribution < -0.4 is 15.2 Å². The highest BCUT2D eigenvalue weighted by molar-refractivity contribution is 7.99. The van der Waals surface area contributed by atoms with Crippen LogP contribution in [-0.2, 0) is 32.8 Å². The van der Waals surface area contributed by atoms with Gasteiger partial charge in [0.05, 0.1) is 12.8 Å². The first-order valence-electron chi connectivity index (χ1n) is 12.4. The van der Waals surface area contributed by atoms with E-state index in [4.69, 9.17) is 4.74 Å². The lowest BCUT2D eigenvalue weighted by molar-refractivity contribution is -0.714. The molecular formula is C28H33N4O6S+. The SMILES string of the molecule is Cc1c(C)[n+](C)c(SCC(=O)CC[C@H](NC(=O)CNC(=O)OCc2ccccc2)C(=O)O)n1-c1ccccc1. The first-order chi connectivity index (χ1) is 18.7. The molecule has 11 heteroatoms. The van der Waals surface area contributed by atoms with Crippen LogP contribution in [0.4, 0.5) is 4.79 Å². The molecule has 0 radical (unpaired) electrons. The Hall–Kier alpha value is -4.12. The molecule has 0 aliphatic heterocycles. The number of imidazole rings is 1. The summed E-state index contributed by atoms with van der Waals surface area (Å²) in [7, 11) is 1.94. The van der Waals surface area contributed by atoms with Gasteiger partial charge in [-0.05, 0) is 35.9 Å². The number of nitrogens with one attached hydrogen (secondary N) is 2. The number of ketones is 1. The number of carbonyl (C=O) groups excluding carboxylic acids is 3. The number of aliphatic carboxylic acids is 1. The average molecular weight is 554 g/mol. The molecule has 0 saturated heterocycles. The van der Waals surface area contributed by atoms with E-state index in [1.54, 1.807) is 12.1 Å². The molecule has 1 aromatic heterocycles. The molecule has 0 unspecified atom stereocenters. The maximum absolute atomic E-state index is 12.7. The molecular weight excluding hydrogens is 520 g/mol. The number of carboxylic acids is 1. The van der Waals surface area contributed by atoms with Crippen LogP contribution in [0.3, 0.4) is 0 Å². The zero-order valence-electron chi connectivity index (χ0n) is 22.2. The van der Waals surface area contributed by atoms with Gasteiger partial charge in [-0.25, -0.2) is 14.2 Å². The predicted octanol–water partition coefficient (Wildman–Crippen LogP) is 2.86. The topological polar surface area (TPSA) is 131 Å². The zero-order chi connectivity index (χ0) is 28.4. The van der Waals surface area contributed by atoms with Crippen molar-refractivity contribution in [3.8, 4) is 5.69 Å². The van der Waals surface area contributed by atoms with Crippen molar-refractivity contribution in [2.45, 2.75) is 44.5 Å². The Morgan fingerprint density at radius 1 is 1.03 bits per heavy atom. The number of aromatic nitrogens is 2. The molecule has 0 spiro atoms. The lowest BCUT2D eigenvalue weighted by Crippen LogP contribution is -2.45. The number of alkyl carbamates (subject to hydrolysis) is 1. The van der Waals surface area contributed by atoms with Gasteiger partial charge in [0, 0.05) is 20.3 Å². The van der Waals surface area contributed by atoms with Crippen LogP contribution in [0.1, 0.15) is 29.8 Å². The van der Waals surface area contributed by atoms with Crippen molar-refractivity contribution in [2.24, 2.45) is 7.05 Å². The number of thioether (sulfide) groups is 1. The molecule has 0 aliphatic carbocycles. The van der Waals surface area contributed by atoms with E-state index in [0.29, 0.717) is 0 Å². The Labute approximate surface area is 231 Å². The van der Waals surface area contributed by atoms with Crippen LogP contribution in [0.25, 0.3) is 5.69 Å². The molecule has 1 atom stereocenters. The number of para-hydroxylation sites is 1. The number of carboxylic acid groups (broad SMARTS) is 1. The molecule has 206 valence electrons. The first kappa shape index (κ1) is 29.4. The van der Waals surface area contributed by atoms with E-state index in [9.17, 15) is 24.3 Å². The summed E-state index contributed by atoms with van der Waals surface area (Å²) >= 11 is 1.38. The number of ether oxygens (including phenoxy) is 1. The first-order valence-corrected chi connectivity index (χ1v) is 13.4. The zero-order valence-corrected chi connectivity index (χ0v) is 23.0. The van der Waals surface area contributed by atoms with E-state index >= 15 is 0 Å². The van der Waals surface area contributed by atoms with Gasteiger partial charge in [-0.1, -0.05) is 48.5 Å². The smallest absolute Gasteiger partial charge is 0.407 e. The Kier molecular flexibility index (Phi) is 10.7. The second-order valence-electron chi connectivity index (χ2n) is 8.92. The third-order valence-electron chi connectivity index (χ3n) is 6.17. The van der Waals surface area contributed by atoms with E-state index in [-0.39, 0.29) is 31.0 Å². The van der Waals surface area contributed by atoms with Gasteiger partial charge in [0.25, 0.3) is 0 Å². The number of Topliss-reactive ketones (excluding diaryl/α,β-unsaturated/α-hetero) is 1. The minimum atomic E-state index is -1.26. The van der Waals surface area contributed by atoms with Crippen molar-refractivity contribution >= 4 is 35.5 Å². The Balaban J connectivity index is 1.47. The highest BCUT2D eigenvalue weighted by atomic mass is 32.2. The summed E-state index contributed by atoms with van der Waals surface area (Å²) in [6.07, 6.45) is -0.889. The second-order valence-corrected chi connectivity index (χ2v) is 9.87. The van der Waals surface area contributed by atoms with Crippen molar-refractivity contribution in [3.05, 3.63) is 77.6 Å². The Bertz CT molecular complexity index is 1310. The number of rotatable bonds is 13. The van der Waals surface area contributed by atoms with Crippen LogP contribution in [-0.4, -0.2) is 51.8 Å². The predicted molar refractivity (Wildman–Crippen MR) is 146 cm³/mol. The molecule has 3 aromatic rings. The summed E-state index contributed by atoms with van der Waals surface area (Å²) in [5.41, 5.74) is 3.91. The van der Waals surface area contributed by atoms with E-state index in [1.807, 2.05) is 74.0 Å². The van der Waals surface area contributed by atoms with Crippen molar-refractivity contribution in [1.29, 1.82) is 0 Å². The van der Waals surface area contributed by atoms with Crippen LogP contribution in [0, 0.1) is 13.8 Å². The molecule has 39 heavy (non-hydrogen) atoms. The fourth-order valence-corrected chi connectivity index (χ4v) is 4.97. The number of amides is 2. The molecule has 0 aliphatic rings. The molecule has 3 rings (SSSR count). The standard InChI is InChI=1S/C28H32N4O6S/c1-19-20(2)32(22-12-8-5-9-13-22)28(31(19)3)39-18-23(33)14-15-24(26(35)36)30-25(34)16-29-27(37)38-17-21-10-6-4-7-11-21/h4-13,24H,14-18H2,1-3H3,(H2-,29,30,34,35,36,37)/p+1/t24-/m0/s1. The summed E-state index contributed by atoms with van der Waals surface area (Å²) < 4.78 is 9.15. The molecule has 3 N–H and O–H groups in total. The Morgan fingerprint density at radius 2 is 1.67 bits per heavy atom. The molecule has 2 aromatic carbocycles. The van der Waals surface area contributed by atoms with Crippen molar-refractivity contribution in [1.82, 2.24) is 15.2 Å². The normalized spacial score (nSPS) is 11.5. The average Bonchev–Trinajstić information content (AvgIpc) is 3.15. The van der Waals surface area contributed by atoms with Crippen LogP contribution >= 0.6 is 11.8 Å². The maximum Gasteiger partial charge on any atom is 0.407 e. The summed E-state index contributed by atoms with van der Waals surface area (Å²) in [6.45, 7) is 3.62. The van der Waals surface area contributed by atoms with Crippen LogP contribution in [0.5, 0.6) is 0 Å². The molecule has 0 fully saturated rings. The van der Waals surface area contributed by atoms with Gasteiger partial charge in [0.2, 0.25) is 5.91 Å². The largest absolute Gasteiger partial charge is 0.480 e. The number of carbonyl (C=O) groups is 4. The molecule has 2 amide bonds. The third kappa shape index (κ3) is 8.44. The van der Waals surface area contributed by atoms with Crippen LogP contribution in [0.2, 0.25) is 0 Å². The van der Waals surface area contributed by atoms with E-state index in [0.717, 1.165) is 27.8 Å². The molecule has 0 bridgehead atoms. The minimum absolute atomic E-state index is 0.0233. The molecule has 0 saturated carbocycles. The van der Waals surface area contributed by atoms with E-state index in [1.165, 1.54) is 11.8 Å². The van der Waals surface area contributed by atoms with Gasteiger partial charge in [-0.3, -0.25) is 9.59 Å². The van der Waals surface area contributed by atoms with E-state index in [2.05, 4.69) is 15.2 Å². The maximum atomic E-state index is 12.7. The van der Waals surface area contributed by atoms with Gasteiger partial charge in [-0.2, -0.15) is 4.57 Å². The fraction of sp³-hybridized carbons (Fsp3) is 0.321. The monoisotopic (exact) mass is 553 g/mol. The highest BCUT2D eigenvalue weighted by Gasteiger charge is 2.27. The fourth-order valence-electron chi connectivity index (χ4n) is 3.84. The van der Waals surface area contributed by atoms with Crippen molar-refractivity contribution in [2.75, 3.05) is 12.3 Å². The van der Waals surface area contributed by atoms with Gasteiger partial charge in [0.15, 0.2) is 0 Å². The summed E-state index contributed by atoms with van der Waals surface area (Å²) in [6, 6.07) is 17.6. The highest BCUT2D eigenvalue weighted by Crippen LogP contribution is 2.24. The summed E-state index contributed by atoms with van der Waals surface area (Å²) in [5.74, 6) is -1.94. The lowest BCUT2D eigenvalue weighted by Gasteiger charge is -2.14. The number of benzene rings is 2. The third-order valence-corrected chi connectivity index (χ3v) is 7.35. The minimum Gasteiger partial charge on any atom is -0.480 e. The van der Waals surface area contributed by atoms with Gasteiger partial charge < -0.3 is 20.5 Å².